The molecule has 63 heavy (non-hydrogen) atoms. The lowest BCUT2D eigenvalue weighted by Crippen LogP contribution is -2.74. The van der Waals surface area contributed by atoms with Crippen molar-refractivity contribution in [1.82, 2.24) is 9.13 Å². The third-order valence-corrected chi connectivity index (χ3v) is 18.9. The number of benzene rings is 9. The van der Waals surface area contributed by atoms with Crippen molar-refractivity contribution in [1.29, 1.82) is 0 Å². The largest absolute Gasteiger partial charge is 0.309 e. The summed E-state index contributed by atoms with van der Waals surface area (Å²) >= 11 is 0. The highest BCUT2D eigenvalue weighted by molar-refractivity contribution is 7.19. The molecule has 0 amide bonds. The minimum Gasteiger partial charge on any atom is -0.309 e. The summed E-state index contributed by atoms with van der Waals surface area (Å²) in [6.45, 7) is 0. The minimum absolute atomic E-state index is 0.634. The van der Waals surface area contributed by atoms with Crippen LogP contribution < -0.4 is 20.7 Å². The molecule has 1 aliphatic carbocycles. The van der Waals surface area contributed by atoms with E-state index in [4.69, 9.17) is 0 Å². The summed E-state index contributed by atoms with van der Waals surface area (Å²) < 4.78 is 5.05. The Morgan fingerprint density at radius 2 is 0.857 bits per heavy atom. The fraction of sp³-hybridized carbons (Fsp3) is 0.100. The van der Waals surface area contributed by atoms with Crippen molar-refractivity contribution >= 4 is 72.4 Å². The van der Waals surface area contributed by atoms with Gasteiger partial charge < -0.3 is 9.13 Å². The van der Waals surface area contributed by atoms with Gasteiger partial charge >= 0.3 is 0 Å². The second-order valence-corrected chi connectivity index (χ2v) is 21.3. The molecule has 0 saturated heterocycles. The maximum Gasteiger partial charge on any atom is 0.179 e. The van der Waals surface area contributed by atoms with Crippen LogP contribution in [0, 0.1) is 0 Å². The number of hydrogen-bond acceptors (Lipinski definition) is 0. The first-order valence-electron chi connectivity index (χ1n) is 22.7. The Labute approximate surface area is 370 Å². The topological polar surface area (TPSA) is 9.86 Å². The normalized spacial score (nSPS) is 13.7. The lowest BCUT2D eigenvalue weighted by atomic mass is 9.84. The summed E-state index contributed by atoms with van der Waals surface area (Å²) in [7, 11) is -2.77. The maximum atomic E-state index is 2.56. The van der Waals surface area contributed by atoms with Crippen LogP contribution in [-0.2, 0) is 0 Å². The zero-order valence-corrected chi connectivity index (χ0v) is 36.4. The first-order valence-corrected chi connectivity index (χ1v) is 24.7. The molecule has 0 bridgehead atoms. The number of fused-ring (bicyclic) bond motifs is 6. The number of para-hydroxylation sites is 2. The van der Waals surface area contributed by atoms with E-state index in [-0.39, 0.29) is 0 Å². The first kappa shape index (κ1) is 37.5. The Bertz CT molecular complexity index is 3360. The van der Waals surface area contributed by atoms with E-state index in [9.17, 15) is 0 Å². The molecule has 9 aromatic carbocycles. The summed E-state index contributed by atoms with van der Waals surface area (Å²) in [6, 6.07) is 84.4. The average molecular weight is 825 g/mol. The second kappa shape index (κ2) is 15.6. The molecule has 1 aliphatic rings. The number of nitrogens with zero attached hydrogens (tertiary/aromatic N) is 2. The van der Waals surface area contributed by atoms with Gasteiger partial charge in [0.1, 0.15) is 0 Å². The smallest absolute Gasteiger partial charge is 0.179 e. The van der Waals surface area contributed by atoms with Gasteiger partial charge in [-0.2, -0.15) is 0 Å². The Balaban J connectivity index is 1.05. The van der Waals surface area contributed by atoms with E-state index in [1.54, 1.807) is 0 Å². The molecule has 0 N–H and O–H groups in total. The molecule has 0 radical (unpaired) electrons. The van der Waals surface area contributed by atoms with Crippen LogP contribution in [0.1, 0.15) is 43.6 Å². The van der Waals surface area contributed by atoms with E-state index >= 15 is 0 Å². The van der Waals surface area contributed by atoms with Crippen LogP contribution in [0.25, 0.3) is 66.1 Å². The van der Waals surface area contributed by atoms with Crippen molar-refractivity contribution in [2.45, 2.75) is 38.0 Å². The molecule has 1 fully saturated rings. The second-order valence-electron chi connectivity index (χ2n) is 17.5. The van der Waals surface area contributed by atoms with Crippen LogP contribution in [0.2, 0.25) is 0 Å². The minimum atomic E-state index is -2.77. The van der Waals surface area contributed by atoms with Gasteiger partial charge in [0, 0.05) is 27.2 Å². The molecule has 1 saturated carbocycles. The van der Waals surface area contributed by atoms with Crippen LogP contribution in [-0.4, -0.2) is 17.2 Å². The Hall–Kier alpha value is -7.20. The zero-order chi connectivity index (χ0) is 41.7. The predicted octanol–water partition coefficient (Wildman–Crippen LogP) is 13.0. The average Bonchev–Trinajstić information content (AvgIpc) is 3.89. The molecule has 0 aliphatic heterocycles. The van der Waals surface area contributed by atoms with E-state index in [2.05, 4.69) is 234 Å². The van der Waals surface area contributed by atoms with E-state index < -0.39 is 8.07 Å². The Morgan fingerprint density at radius 1 is 0.349 bits per heavy atom. The van der Waals surface area contributed by atoms with Crippen molar-refractivity contribution in [2.24, 2.45) is 0 Å². The molecule has 0 atom stereocenters. The predicted molar refractivity (Wildman–Crippen MR) is 270 cm³/mol. The fourth-order valence-corrected chi connectivity index (χ4v) is 15.9. The highest BCUT2D eigenvalue weighted by atomic mass is 28.3. The van der Waals surface area contributed by atoms with Crippen LogP contribution in [0.5, 0.6) is 0 Å². The molecule has 12 rings (SSSR count). The SMILES string of the molecule is c1ccc(-c2ccc([Si](c3ccccc3)(c3ccccc3)c3ccc(-n4c5ccccc5c5c(-n6c7ccccc7c7ccc(C8CCCCC8)cc76)cccc54)cc3)cc2)cc1. The van der Waals surface area contributed by atoms with Crippen LogP contribution >= 0.6 is 0 Å². The van der Waals surface area contributed by atoms with E-state index in [0.29, 0.717) is 5.92 Å². The van der Waals surface area contributed by atoms with Crippen LogP contribution in [0.4, 0.5) is 0 Å². The van der Waals surface area contributed by atoms with Crippen molar-refractivity contribution in [3.05, 3.63) is 230 Å². The molecule has 302 valence electrons. The third kappa shape index (κ3) is 6.13. The highest BCUT2D eigenvalue weighted by Gasteiger charge is 2.41. The molecular formula is C60H48N2Si. The number of hydrogen-bond donors (Lipinski definition) is 0. The van der Waals surface area contributed by atoms with Gasteiger partial charge in [-0.15, -0.1) is 0 Å². The zero-order valence-electron chi connectivity index (χ0n) is 35.4. The van der Waals surface area contributed by atoms with Gasteiger partial charge in [-0.05, 0) is 98.7 Å². The highest BCUT2D eigenvalue weighted by Crippen LogP contribution is 2.41. The van der Waals surface area contributed by atoms with E-state index in [0.717, 1.165) is 5.69 Å². The first-order chi connectivity index (χ1) is 31.3. The van der Waals surface area contributed by atoms with Gasteiger partial charge in [-0.1, -0.05) is 201 Å². The molecule has 3 heteroatoms. The van der Waals surface area contributed by atoms with Gasteiger partial charge in [0.25, 0.3) is 0 Å². The quantitative estimate of drug-likeness (QED) is 0.107. The number of aromatic nitrogens is 2. The lowest BCUT2D eigenvalue weighted by molar-refractivity contribution is 0.444. The van der Waals surface area contributed by atoms with Gasteiger partial charge in [0.15, 0.2) is 8.07 Å². The van der Waals surface area contributed by atoms with Crippen molar-refractivity contribution in [3.63, 3.8) is 0 Å². The summed E-state index contributed by atoms with van der Waals surface area (Å²) in [5.74, 6) is 0.634. The fourth-order valence-electron chi connectivity index (χ4n) is 11.2. The van der Waals surface area contributed by atoms with Crippen LogP contribution in [0.15, 0.2) is 224 Å². The number of rotatable bonds is 8. The molecule has 2 nitrogen and oxygen atoms in total. The molecule has 2 heterocycles. The third-order valence-electron chi connectivity index (χ3n) is 14.1. The summed E-state index contributed by atoms with van der Waals surface area (Å²) in [4.78, 5) is 0. The molecular weight excluding hydrogens is 777 g/mol. The van der Waals surface area contributed by atoms with Gasteiger partial charge in [-0.25, -0.2) is 0 Å². The summed E-state index contributed by atoms with van der Waals surface area (Å²) in [5.41, 5.74) is 11.3. The summed E-state index contributed by atoms with van der Waals surface area (Å²) in [5, 5.41) is 10.6. The van der Waals surface area contributed by atoms with Crippen LogP contribution in [0.3, 0.4) is 0 Å². The molecule has 11 aromatic rings. The standard InChI is InChI=1S/C60H48N2Si/c1-5-18-43(19-6-1)45-32-37-50(38-33-45)63(48-22-9-3-10-23-48,49-24-11-4-12-25-49)51-39-35-47(36-40-51)61-56-29-16-14-27-54(56)60-57(61)30-17-31-58(60)62-55-28-15-13-26-52(55)53-41-34-46(42-59(53)62)44-20-7-2-8-21-44/h1,3-6,9-19,22-42,44H,2,7-8,20-21H2. The van der Waals surface area contributed by atoms with Gasteiger partial charge in [0.2, 0.25) is 0 Å². The van der Waals surface area contributed by atoms with Crippen molar-refractivity contribution in [3.8, 4) is 22.5 Å². The van der Waals surface area contributed by atoms with Crippen molar-refractivity contribution in [2.75, 3.05) is 0 Å². The van der Waals surface area contributed by atoms with Crippen molar-refractivity contribution < 1.29 is 0 Å². The molecule has 0 unspecified atom stereocenters. The maximum absolute atomic E-state index is 2.77. The van der Waals surface area contributed by atoms with Gasteiger partial charge in [0.05, 0.1) is 27.8 Å². The monoisotopic (exact) mass is 824 g/mol. The van der Waals surface area contributed by atoms with Gasteiger partial charge in [-0.3, -0.25) is 0 Å². The Kier molecular flexibility index (Phi) is 9.30. The van der Waals surface area contributed by atoms with E-state index in [1.165, 1.54) is 119 Å². The molecule has 2 aromatic heterocycles. The Morgan fingerprint density at radius 3 is 1.52 bits per heavy atom. The van der Waals surface area contributed by atoms with E-state index in [1.807, 2.05) is 0 Å². The lowest BCUT2D eigenvalue weighted by Gasteiger charge is -2.34. The molecule has 0 spiro atoms. The summed E-state index contributed by atoms with van der Waals surface area (Å²) in [6.07, 6.45) is 6.59.